The zero-order chi connectivity index (χ0) is 13.7. The molecule has 104 valence electrons. The summed E-state index contributed by atoms with van der Waals surface area (Å²) in [4.78, 5) is 14.5. The number of nitrogen functional groups attached to an aromatic ring is 1. The van der Waals surface area contributed by atoms with Crippen LogP contribution in [0.2, 0.25) is 0 Å². The Kier molecular flexibility index (Phi) is 4.80. The summed E-state index contributed by atoms with van der Waals surface area (Å²) in [5.41, 5.74) is 6.91. The van der Waals surface area contributed by atoms with E-state index in [-0.39, 0.29) is 11.9 Å². The average Bonchev–Trinajstić information content (AvgIpc) is 2.40. The molecule has 1 unspecified atom stereocenters. The van der Waals surface area contributed by atoms with Gasteiger partial charge in [0.05, 0.1) is 5.56 Å². The maximum atomic E-state index is 12.1. The normalized spacial score (nSPS) is 17.9. The van der Waals surface area contributed by atoms with Crippen LogP contribution in [0.1, 0.15) is 36.5 Å². The summed E-state index contributed by atoms with van der Waals surface area (Å²) in [6.45, 7) is 5.26. The molecule has 0 radical (unpaired) electrons. The highest BCUT2D eigenvalue weighted by atomic mass is 16.1. The van der Waals surface area contributed by atoms with E-state index < -0.39 is 0 Å². The number of carbonyl (C=O) groups excluding carboxylic acids is 1. The first kappa shape index (κ1) is 13.9. The van der Waals surface area contributed by atoms with Gasteiger partial charge in [-0.2, -0.15) is 0 Å². The molecule has 3 N–H and O–H groups in total. The minimum absolute atomic E-state index is 0.0809. The van der Waals surface area contributed by atoms with Crippen molar-refractivity contribution in [3.63, 3.8) is 0 Å². The summed E-state index contributed by atoms with van der Waals surface area (Å²) in [5, 5.41) is 3.02. The Hall–Kier alpha value is -1.55. The highest BCUT2D eigenvalue weighted by Gasteiger charge is 2.16. The summed E-state index contributed by atoms with van der Waals surface area (Å²) in [6, 6.07) is 7.33. The lowest BCUT2D eigenvalue weighted by molar-refractivity contribution is 0.0926. The molecule has 1 amide bonds. The van der Waals surface area contributed by atoms with Gasteiger partial charge in [-0.1, -0.05) is 18.6 Å². The van der Waals surface area contributed by atoms with Crippen molar-refractivity contribution in [2.24, 2.45) is 0 Å². The van der Waals surface area contributed by atoms with Crippen molar-refractivity contribution < 1.29 is 4.79 Å². The minimum Gasteiger partial charge on any atom is -0.398 e. The van der Waals surface area contributed by atoms with Gasteiger partial charge in [0.25, 0.3) is 5.91 Å². The fourth-order valence-electron chi connectivity index (χ4n) is 2.58. The van der Waals surface area contributed by atoms with Crippen molar-refractivity contribution >= 4 is 11.6 Å². The van der Waals surface area contributed by atoms with Crippen LogP contribution in [0.5, 0.6) is 0 Å². The first-order valence-electron chi connectivity index (χ1n) is 7.04. The van der Waals surface area contributed by atoms with Crippen LogP contribution in [0.25, 0.3) is 0 Å². The molecule has 1 aromatic rings. The molecule has 19 heavy (non-hydrogen) atoms. The van der Waals surface area contributed by atoms with Gasteiger partial charge in [0.15, 0.2) is 0 Å². The van der Waals surface area contributed by atoms with Crippen LogP contribution in [0.4, 0.5) is 5.69 Å². The zero-order valence-electron chi connectivity index (χ0n) is 11.6. The predicted molar refractivity (Wildman–Crippen MR) is 78.1 cm³/mol. The Morgan fingerprint density at radius 2 is 2.00 bits per heavy atom. The number of nitrogens with zero attached hydrogens (tertiary/aromatic N) is 1. The molecule has 2 rings (SSSR count). The smallest absolute Gasteiger partial charge is 0.253 e. The van der Waals surface area contributed by atoms with E-state index in [1.807, 2.05) is 19.1 Å². The van der Waals surface area contributed by atoms with Crippen molar-refractivity contribution in [2.45, 2.75) is 32.2 Å². The minimum atomic E-state index is -0.0809. The molecule has 1 aliphatic heterocycles. The van der Waals surface area contributed by atoms with Gasteiger partial charge in [-0.15, -0.1) is 0 Å². The number of hydrogen-bond acceptors (Lipinski definition) is 3. The van der Waals surface area contributed by atoms with E-state index in [1.54, 1.807) is 12.1 Å². The van der Waals surface area contributed by atoms with Gasteiger partial charge >= 0.3 is 0 Å². The molecular formula is C15H23N3O. The summed E-state index contributed by atoms with van der Waals surface area (Å²) >= 11 is 0. The topological polar surface area (TPSA) is 58.4 Å². The van der Waals surface area contributed by atoms with E-state index >= 15 is 0 Å². The van der Waals surface area contributed by atoms with E-state index in [1.165, 1.54) is 19.3 Å². The van der Waals surface area contributed by atoms with Gasteiger partial charge in [0.1, 0.15) is 0 Å². The molecule has 1 saturated heterocycles. The summed E-state index contributed by atoms with van der Waals surface area (Å²) in [5.74, 6) is -0.0809. The predicted octanol–water partition coefficient (Wildman–Crippen LogP) is 1.87. The lowest BCUT2D eigenvalue weighted by Crippen LogP contribution is -2.43. The number of piperidine rings is 1. The van der Waals surface area contributed by atoms with E-state index in [2.05, 4.69) is 10.2 Å². The van der Waals surface area contributed by atoms with Crippen LogP contribution in [0, 0.1) is 0 Å². The summed E-state index contributed by atoms with van der Waals surface area (Å²) in [7, 11) is 0. The van der Waals surface area contributed by atoms with Crippen LogP contribution in [-0.2, 0) is 0 Å². The molecular weight excluding hydrogens is 238 g/mol. The SMILES string of the molecule is CC(CN1CCCCC1)NC(=O)c1ccccc1N. The van der Waals surface area contributed by atoms with Crippen molar-refractivity contribution in [1.82, 2.24) is 10.2 Å². The number of benzene rings is 1. The lowest BCUT2D eigenvalue weighted by Gasteiger charge is -2.29. The first-order valence-corrected chi connectivity index (χ1v) is 7.04. The molecule has 1 aliphatic rings. The van der Waals surface area contributed by atoms with Crippen molar-refractivity contribution in [3.05, 3.63) is 29.8 Å². The van der Waals surface area contributed by atoms with Gasteiger partial charge < -0.3 is 16.0 Å². The second-order valence-electron chi connectivity index (χ2n) is 5.32. The highest BCUT2D eigenvalue weighted by molar-refractivity contribution is 5.99. The molecule has 1 fully saturated rings. The molecule has 0 saturated carbocycles. The van der Waals surface area contributed by atoms with Crippen molar-refractivity contribution in [3.8, 4) is 0 Å². The lowest BCUT2D eigenvalue weighted by atomic mass is 10.1. The molecule has 0 bridgehead atoms. The number of amides is 1. The summed E-state index contributed by atoms with van der Waals surface area (Å²) < 4.78 is 0. The van der Waals surface area contributed by atoms with Gasteiger partial charge in [-0.25, -0.2) is 0 Å². The molecule has 1 atom stereocenters. The number of hydrogen-bond donors (Lipinski definition) is 2. The van der Waals surface area contributed by atoms with Gasteiger partial charge in [-0.05, 0) is 45.0 Å². The van der Waals surface area contributed by atoms with E-state index in [0.717, 1.165) is 19.6 Å². The second-order valence-corrected chi connectivity index (χ2v) is 5.32. The Morgan fingerprint density at radius 1 is 1.32 bits per heavy atom. The quantitative estimate of drug-likeness (QED) is 0.814. The average molecular weight is 261 g/mol. The Morgan fingerprint density at radius 3 is 2.68 bits per heavy atom. The molecule has 0 aromatic heterocycles. The Balaban J connectivity index is 1.86. The van der Waals surface area contributed by atoms with Gasteiger partial charge in [0.2, 0.25) is 0 Å². The molecule has 1 aromatic carbocycles. The van der Waals surface area contributed by atoms with E-state index in [0.29, 0.717) is 11.3 Å². The number of rotatable bonds is 4. The van der Waals surface area contributed by atoms with Crippen LogP contribution < -0.4 is 11.1 Å². The van der Waals surface area contributed by atoms with Crippen LogP contribution in [0.3, 0.4) is 0 Å². The van der Waals surface area contributed by atoms with Crippen LogP contribution in [0.15, 0.2) is 24.3 Å². The maximum absolute atomic E-state index is 12.1. The van der Waals surface area contributed by atoms with E-state index in [4.69, 9.17) is 5.73 Å². The highest BCUT2D eigenvalue weighted by Crippen LogP contribution is 2.11. The molecule has 1 heterocycles. The number of para-hydroxylation sites is 1. The van der Waals surface area contributed by atoms with Crippen molar-refractivity contribution in [1.29, 1.82) is 0 Å². The first-order chi connectivity index (χ1) is 9.16. The fourth-order valence-corrected chi connectivity index (χ4v) is 2.58. The van der Waals surface area contributed by atoms with E-state index in [9.17, 15) is 4.79 Å². The standard InChI is InChI=1S/C15H23N3O/c1-12(11-18-9-5-2-6-10-18)17-15(19)13-7-3-4-8-14(13)16/h3-4,7-8,12H,2,5-6,9-11,16H2,1H3,(H,17,19). The third kappa shape index (κ3) is 3.96. The largest absolute Gasteiger partial charge is 0.398 e. The molecule has 0 aliphatic carbocycles. The zero-order valence-corrected chi connectivity index (χ0v) is 11.6. The number of nitrogens with one attached hydrogen (secondary N) is 1. The molecule has 4 nitrogen and oxygen atoms in total. The van der Waals surface area contributed by atoms with Crippen LogP contribution in [-0.4, -0.2) is 36.5 Å². The van der Waals surface area contributed by atoms with Crippen molar-refractivity contribution in [2.75, 3.05) is 25.4 Å². The van der Waals surface area contributed by atoms with Gasteiger partial charge in [0, 0.05) is 18.3 Å². The van der Waals surface area contributed by atoms with Crippen LogP contribution >= 0.6 is 0 Å². The monoisotopic (exact) mass is 261 g/mol. The Labute approximate surface area is 115 Å². The maximum Gasteiger partial charge on any atom is 0.253 e. The second kappa shape index (κ2) is 6.57. The fraction of sp³-hybridized carbons (Fsp3) is 0.533. The summed E-state index contributed by atoms with van der Waals surface area (Å²) in [6.07, 6.45) is 3.87. The molecule has 0 spiro atoms. The molecule has 4 heteroatoms. The Bertz CT molecular complexity index is 427. The number of carbonyl (C=O) groups is 1. The van der Waals surface area contributed by atoms with Gasteiger partial charge in [-0.3, -0.25) is 4.79 Å². The number of anilines is 1. The third-order valence-corrected chi connectivity index (χ3v) is 3.56. The number of nitrogens with two attached hydrogens (primary N) is 1. The number of likely N-dealkylation sites (tertiary alicyclic amines) is 1. The third-order valence-electron chi connectivity index (χ3n) is 3.56.